The van der Waals surface area contributed by atoms with Gasteiger partial charge in [0.2, 0.25) is 5.91 Å². The average molecular weight is 358 g/mol. The minimum absolute atomic E-state index is 0.0953. The number of rotatable bonds is 4. The number of likely N-dealkylation sites (tertiary alicyclic amines) is 1. The number of guanidine groups is 1. The van der Waals surface area contributed by atoms with Crippen molar-refractivity contribution in [2.45, 2.75) is 12.3 Å². The molecule has 0 spiro atoms. The number of aliphatic imine (C=N–C) groups is 1. The van der Waals surface area contributed by atoms with Crippen LogP contribution < -0.4 is 10.6 Å². The standard InChI is InChI=1S/C18H23FN6O/c1-20-18(21-10-17(26)23-16-5-3-15(19)4-6-16)25-8-7-13(12-25)14-9-22-24(2)11-14/h3-6,9,11,13H,7-8,10,12H2,1-2H3,(H,20,21)(H,23,26). The summed E-state index contributed by atoms with van der Waals surface area (Å²) in [7, 11) is 3.62. The molecular formula is C18H23FN6O. The van der Waals surface area contributed by atoms with Crippen molar-refractivity contribution in [2.24, 2.45) is 12.0 Å². The van der Waals surface area contributed by atoms with Gasteiger partial charge in [-0.15, -0.1) is 0 Å². The monoisotopic (exact) mass is 358 g/mol. The van der Waals surface area contributed by atoms with Crippen molar-refractivity contribution in [3.63, 3.8) is 0 Å². The summed E-state index contributed by atoms with van der Waals surface area (Å²) in [5.41, 5.74) is 1.78. The SMILES string of the molecule is CN=C(NCC(=O)Nc1ccc(F)cc1)N1CCC(c2cnn(C)c2)C1. The Labute approximate surface area is 151 Å². The van der Waals surface area contributed by atoms with Crippen molar-refractivity contribution in [2.75, 3.05) is 32.0 Å². The number of nitrogens with zero attached hydrogens (tertiary/aromatic N) is 4. The van der Waals surface area contributed by atoms with Crippen LogP contribution in [0.15, 0.2) is 41.7 Å². The van der Waals surface area contributed by atoms with E-state index in [1.54, 1.807) is 7.05 Å². The normalized spacial score (nSPS) is 17.4. The Morgan fingerprint density at radius 1 is 1.38 bits per heavy atom. The predicted octanol–water partition coefficient (Wildman–Crippen LogP) is 1.56. The van der Waals surface area contributed by atoms with Crippen LogP contribution in [0.25, 0.3) is 0 Å². The Morgan fingerprint density at radius 3 is 2.81 bits per heavy atom. The molecule has 1 saturated heterocycles. The number of carbonyl (C=O) groups excluding carboxylic acids is 1. The lowest BCUT2D eigenvalue weighted by Crippen LogP contribution is -2.43. The van der Waals surface area contributed by atoms with Gasteiger partial charge in [-0.05, 0) is 36.2 Å². The first-order chi connectivity index (χ1) is 12.5. The zero-order valence-electron chi connectivity index (χ0n) is 14.9. The van der Waals surface area contributed by atoms with Crippen molar-refractivity contribution in [3.8, 4) is 0 Å². The number of benzene rings is 1. The number of hydrogen-bond acceptors (Lipinski definition) is 3. The average Bonchev–Trinajstić information content (AvgIpc) is 3.27. The van der Waals surface area contributed by atoms with Gasteiger partial charge < -0.3 is 15.5 Å². The largest absolute Gasteiger partial charge is 0.347 e. The maximum atomic E-state index is 12.9. The van der Waals surface area contributed by atoms with Crippen LogP contribution in [0.2, 0.25) is 0 Å². The van der Waals surface area contributed by atoms with Crippen LogP contribution in [-0.2, 0) is 11.8 Å². The van der Waals surface area contributed by atoms with Gasteiger partial charge in [0, 0.05) is 45.0 Å². The summed E-state index contributed by atoms with van der Waals surface area (Å²) >= 11 is 0. The smallest absolute Gasteiger partial charge is 0.243 e. The van der Waals surface area contributed by atoms with E-state index in [0.717, 1.165) is 19.5 Å². The van der Waals surface area contributed by atoms with Gasteiger partial charge >= 0.3 is 0 Å². The molecule has 1 amide bonds. The second kappa shape index (κ2) is 7.99. The molecule has 0 saturated carbocycles. The van der Waals surface area contributed by atoms with E-state index in [1.165, 1.54) is 29.8 Å². The molecular weight excluding hydrogens is 335 g/mol. The van der Waals surface area contributed by atoms with Gasteiger partial charge in [-0.2, -0.15) is 5.10 Å². The molecule has 2 aromatic rings. The molecule has 7 nitrogen and oxygen atoms in total. The minimum Gasteiger partial charge on any atom is -0.347 e. The predicted molar refractivity (Wildman–Crippen MR) is 98.5 cm³/mol. The molecule has 0 radical (unpaired) electrons. The van der Waals surface area contributed by atoms with Crippen molar-refractivity contribution in [1.82, 2.24) is 20.0 Å². The molecule has 1 aromatic carbocycles. The van der Waals surface area contributed by atoms with E-state index in [1.807, 2.05) is 24.1 Å². The summed E-state index contributed by atoms with van der Waals surface area (Å²) in [5, 5.41) is 10.0. The lowest BCUT2D eigenvalue weighted by atomic mass is 10.0. The number of halogens is 1. The molecule has 8 heteroatoms. The summed E-state index contributed by atoms with van der Waals surface area (Å²) in [5.74, 6) is 0.570. The lowest BCUT2D eigenvalue weighted by Gasteiger charge is -2.21. The summed E-state index contributed by atoms with van der Waals surface area (Å²) in [6, 6.07) is 5.68. The van der Waals surface area contributed by atoms with Crippen LogP contribution in [0.4, 0.5) is 10.1 Å². The quantitative estimate of drug-likeness (QED) is 0.643. The van der Waals surface area contributed by atoms with Crippen molar-refractivity contribution in [1.29, 1.82) is 0 Å². The molecule has 0 aliphatic carbocycles. The van der Waals surface area contributed by atoms with Gasteiger partial charge in [-0.1, -0.05) is 0 Å². The van der Waals surface area contributed by atoms with Gasteiger partial charge in [-0.3, -0.25) is 14.5 Å². The summed E-state index contributed by atoms with van der Waals surface area (Å²) < 4.78 is 14.7. The Hall–Kier alpha value is -2.90. The molecule has 2 heterocycles. The third-order valence-corrected chi connectivity index (χ3v) is 4.43. The highest BCUT2D eigenvalue weighted by atomic mass is 19.1. The van der Waals surface area contributed by atoms with Crippen molar-refractivity contribution < 1.29 is 9.18 Å². The maximum absolute atomic E-state index is 12.9. The summed E-state index contributed by atoms with van der Waals surface area (Å²) in [6.45, 7) is 1.81. The highest BCUT2D eigenvalue weighted by molar-refractivity contribution is 5.95. The van der Waals surface area contributed by atoms with Gasteiger partial charge in [0.15, 0.2) is 5.96 Å². The van der Waals surface area contributed by atoms with Crippen LogP contribution in [-0.4, -0.2) is 53.2 Å². The van der Waals surface area contributed by atoms with Crippen LogP contribution in [0.1, 0.15) is 17.9 Å². The zero-order valence-corrected chi connectivity index (χ0v) is 14.9. The first-order valence-corrected chi connectivity index (χ1v) is 8.54. The molecule has 1 fully saturated rings. The lowest BCUT2D eigenvalue weighted by molar-refractivity contribution is -0.115. The van der Waals surface area contributed by atoms with E-state index in [9.17, 15) is 9.18 Å². The fourth-order valence-corrected chi connectivity index (χ4v) is 3.11. The number of nitrogens with one attached hydrogen (secondary N) is 2. The fraction of sp³-hybridized carbons (Fsp3) is 0.389. The van der Waals surface area contributed by atoms with E-state index in [-0.39, 0.29) is 18.3 Å². The maximum Gasteiger partial charge on any atom is 0.243 e. The third kappa shape index (κ3) is 4.38. The fourth-order valence-electron chi connectivity index (χ4n) is 3.11. The Morgan fingerprint density at radius 2 is 2.15 bits per heavy atom. The zero-order chi connectivity index (χ0) is 18.5. The topological polar surface area (TPSA) is 74.6 Å². The van der Waals surface area contributed by atoms with E-state index in [0.29, 0.717) is 17.6 Å². The Bertz CT molecular complexity index is 785. The molecule has 1 aliphatic heterocycles. The first kappa shape index (κ1) is 17.9. The van der Waals surface area contributed by atoms with E-state index in [2.05, 4.69) is 25.6 Å². The van der Waals surface area contributed by atoms with Crippen molar-refractivity contribution in [3.05, 3.63) is 48.0 Å². The number of aromatic nitrogens is 2. The molecule has 26 heavy (non-hydrogen) atoms. The number of carbonyl (C=O) groups is 1. The minimum atomic E-state index is -0.335. The Balaban J connectivity index is 1.50. The number of amides is 1. The molecule has 0 bridgehead atoms. The van der Waals surface area contributed by atoms with Gasteiger partial charge in [0.05, 0.1) is 12.7 Å². The van der Waals surface area contributed by atoms with Crippen LogP contribution in [0.5, 0.6) is 0 Å². The molecule has 3 rings (SSSR count). The van der Waals surface area contributed by atoms with E-state index < -0.39 is 0 Å². The summed E-state index contributed by atoms with van der Waals surface area (Å²) in [6.07, 6.45) is 4.97. The molecule has 1 aliphatic rings. The molecule has 138 valence electrons. The van der Waals surface area contributed by atoms with Crippen LogP contribution >= 0.6 is 0 Å². The molecule has 1 unspecified atom stereocenters. The van der Waals surface area contributed by atoms with Crippen molar-refractivity contribution >= 4 is 17.6 Å². The second-order valence-electron chi connectivity index (χ2n) is 6.33. The van der Waals surface area contributed by atoms with Gasteiger partial charge in [0.25, 0.3) is 0 Å². The third-order valence-electron chi connectivity index (χ3n) is 4.43. The highest BCUT2D eigenvalue weighted by Gasteiger charge is 2.27. The summed E-state index contributed by atoms with van der Waals surface area (Å²) in [4.78, 5) is 18.5. The van der Waals surface area contributed by atoms with Crippen LogP contribution in [0, 0.1) is 5.82 Å². The van der Waals surface area contributed by atoms with E-state index in [4.69, 9.17) is 0 Å². The molecule has 2 N–H and O–H groups in total. The number of aryl methyl sites for hydroxylation is 1. The van der Waals surface area contributed by atoms with Gasteiger partial charge in [-0.25, -0.2) is 4.39 Å². The Kier molecular flexibility index (Phi) is 5.50. The van der Waals surface area contributed by atoms with Crippen LogP contribution in [0.3, 0.4) is 0 Å². The molecule has 1 atom stereocenters. The first-order valence-electron chi connectivity index (χ1n) is 8.54. The van der Waals surface area contributed by atoms with Gasteiger partial charge in [0.1, 0.15) is 5.82 Å². The molecule has 1 aromatic heterocycles. The van der Waals surface area contributed by atoms with E-state index >= 15 is 0 Å². The highest BCUT2D eigenvalue weighted by Crippen LogP contribution is 2.26. The second-order valence-corrected chi connectivity index (χ2v) is 6.33. The number of hydrogen-bond donors (Lipinski definition) is 2. The number of anilines is 1.